The lowest BCUT2D eigenvalue weighted by Crippen LogP contribution is -2.11. The molecule has 0 unspecified atom stereocenters. The topological polar surface area (TPSA) is 79.9 Å². The van der Waals surface area contributed by atoms with Crippen LogP contribution >= 0.6 is 11.8 Å². The summed E-state index contributed by atoms with van der Waals surface area (Å²) in [6, 6.07) is 7.90. The number of methoxy groups -OCH3 is 1. The van der Waals surface area contributed by atoms with Gasteiger partial charge in [-0.2, -0.15) is 0 Å². The number of benzene rings is 1. The smallest absolute Gasteiger partial charge is 0.413 e. The largest absolute Gasteiger partial charge is 0.453 e. The molecule has 7 heteroatoms. The summed E-state index contributed by atoms with van der Waals surface area (Å²) >= 11 is 1.65. The second-order valence-corrected chi connectivity index (χ2v) is 5.74. The van der Waals surface area contributed by atoms with E-state index in [0.29, 0.717) is 5.95 Å². The number of nitrogens with zero attached hydrogens (tertiary/aromatic N) is 2. The molecule has 0 atom stereocenters. The van der Waals surface area contributed by atoms with Crippen LogP contribution in [-0.4, -0.2) is 28.2 Å². The molecule has 2 N–H and O–H groups in total. The number of aromatic amines is 1. The molecule has 3 aromatic rings. The summed E-state index contributed by atoms with van der Waals surface area (Å²) < 4.78 is 4.55. The quantitative estimate of drug-likeness (QED) is 0.772. The molecule has 0 radical (unpaired) electrons. The van der Waals surface area contributed by atoms with Crippen molar-refractivity contribution in [3.63, 3.8) is 0 Å². The summed E-state index contributed by atoms with van der Waals surface area (Å²) in [5.74, 6) is 0.365. The number of aryl methyl sites for hydroxylation is 1. The van der Waals surface area contributed by atoms with Crippen molar-refractivity contribution in [2.24, 2.45) is 0 Å². The van der Waals surface area contributed by atoms with Crippen molar-refractivity contribution >= 4 is 34.8 Å². The Balaban J connectivity index is 1.86. The van der Waals surface area contributed by atoms with E-state index in [2.05, 4.69) is 25.0 Å². The highest BCUT2D eigenvalue weighted by Crippen LogP contribution is 2.31. The minimum absolute atomic E-state index is 0.365. The van der Waals surface area contributed by atoms with E-state index in [9.17, 15) is 4.79 Å². The fraction of sp³-hybridized carbons (Fsp3) is 0.133. The van der Waals surface area contributed by atoms with Crippen LogP contribution in [-0.2, 0) is 4.74 Å². The summed E-state index contributed by atoms with van der Waals surface area (Å²) in [7, 11) is 1.31. The monoisotopic (exact) mass is 314 g/mol. The first-order chi connectivity index (χ1) is 10.7. The number of hydrogen-bond donors (Lipinski definition) is 2. The van der Waals surface area contributed by atoms with Gasteiger partial charge in [-0.1, -0.05) is 11.8 Å². The molecule has 0 aliphatic carbocycles. The molecule has 0 saturated heterocycles. The number of aromatic nitrogens is 3. The first kappa shape index (κ1) is 14.4. The lowest BCUT2D eigenvalue weighted by Gasteiger charge is -2.04. The first-order valence-corrected chi connectivity index (χ1v) is 7.40. The number of carbonyl (C=O) groups is 1. The number of anilines is 1. The average molecular weight is 314 g/mol. The third kappa shape index (κ3) is 3.04. The van der Waals surface area contributed by atoms with E-state index in [4.69, 9.17) is 0 Å². The van der Waals surface area contributed by atoms with Crippen LogP contribution in [0.1, 0.15) is 5.56 Å². The zero-order valence-corrected chi connectivity index (χ0v) is 12.9. The van der Waals surface area contributed by atoms with Gasteiger partial charge in [0.05, 0.1) is 18.1 Å². The second-order valence-electron chi connectivity index (χ2n) is 4.62. The molecule has 6 nitrogen and oxygen atoms in total. The summed E-state index contributed by atoms with van der Waals surface area (Å²) in [6.07, 6.45) is 3.07. The minimum Gasteiger partial charge on any atom is -0.453 e. The molecule has 112 valence electrons. The standard InChI is InChI=1S/C15H14N4O2S/c1-9-8-16-6-5-13(9)22-10-3-4-11-12(7-10)18-14(17-11)19-15(20)21-2/h3-8H,1-2H3,(H2,17,18,19,20). The number of amides is 1. The molecule has 3 rings (SSSR count). The van der Waals surface area contributed by atoms with E-state index in [1.54, 1.807) is 18.0 Å². The van der Waals surface area contributed by atoms with E-state index in [1.165, 1.54) is 7.11 Å². The summed E-state index contributed by atoms with van der Waals surface area (Å²) in [4.78, 5) is 24.9. The van der Waals surface area contributed by atoms with Crippen molar-refractivity contribution in [1.29, 1.82) is 0 Å². The maximum atomic E-state index is 11.2. The molecular weight excluding hydrogens is 300 g/mol. The number of rotatable bonds is 3. The Kier molecular flexibility index (Phi) is 3.97. The lowest BCUT2D eigenvalue weighted by molar-refractivity contribution is 0.186. The van der Waals surface area contributed by atoms with Crippen molar-refractivity contribution in [3.05, 3.63) is 42.2 Å². The van der Waals surface area contributed by atoms with E-state index < -0.39 is 6.09 Å². The van der Waals surface area contributed by atoms with Gasteiger partial charge in [-0.25, -0.2) is 9.78 Å². The van der Waals surface area contributed by atoms with Crippen LogP contribution in [0, 0.1) is 6.92 Å². The SMILES string of the molecule is COC(=O)Nc1nc2cc(Sc3ccncc3C)ccc2[nH]1. The number of imidazole rings is 1. The number of hydrogen-bond acceptors (Lipinski definition) is 5. The van der Waals surface area contributed by atoms with Gasteiger partial charge < -0.3 is 9.72 Å². The van der Waals surface area contributed by atoms with Gasteiger partial charge in [0, 0.05) is 22.2 Å². The fourth-order valence-electron chi connectivity index (χ4n) is 1.96. The molecule has 22 heavy (non-hydrogen) atoms. The van der Waals surface area contributed by atoms with E-state index >= 15 is 0 Å². The Hall–Kier alpha value is -2.54. The van der Waals surface area contributed by atoms with Gasteiger partial charge in [0.15, 0.2) is 0 Å². The van der Waals surface area contributed by atoms with Crippen molar-refractivity contribution in [2.75, 3.05) is 12.4 Å². The van der Waals surface area contributed by atoms with Crippen molar-refractivity contribution in [1.82, 2.24) is 15.0 Å². The van der Waals surface area contributed by atoms with Gasteiger partial charge in [-0.15, -0.1) is 0 Å². The summed E-state index contributed by atoms with van der Waals surface area (Å²) in [5, 5.41) is 2.52. The van der Waals surface area contributed by atoms with Crippen molar-refractivity contribution in [3.8, 4) is 0 Å². The normalized spacial score (nSPS) is 10.6. The number of ether oxygens (including phenoxy) is 1. The molecule has 0 aliphatic rings. The van der Waals surface area contributed by atoms with E-state index in [-0.39, 0.29) is 0 Å². The molecule has 1 amide bonds. The fourth-order valence-corrected chi connectivity index (χ4v) is 2.86. The Labute approximate surface area is 131 Å². The predicted molar refractivity (Wildman–Crippen MR) is 85.2 cm³/mol. The summed E-state index contributed by atoms with van der Waals surface area (Å²) in [6.45, 7) is 2.03. The lowest BCUT2D eigenvalue weighted by atomic mass is 10.3. The van der Waals surface area contributed by atoms with Crippen molar-refractivity contribution < 1.29 is 9.53 Å². The Bertz CT molecular complexity index is 831. The van der Waals surface area contributed by atoms with Gasteiger partial charge in [0.1, 0.15) is 0 Å². The van der Waals surface area contributed by atoms with Crippen LogP contribution in [0.25, 0.3) is 11.0 Å². The highest BCUT2D eigenvalue weighted by Gasteiger charge is 2.08. The number of nitrogens with one attached hydrogen (secondary N) is 2. The van der Waals surface area contributed by atoms with Gasteiger partial charge in [0.2, 0.25) is 5.95 Å². The summed E-state index contributed by atoms with van der Waals surface area (Å²) in [5.41, 5.74) is 2.76. The second kappa shape index (κ2) is 6.07. The molecule has 0 spiro atoms. The molecule has 0 bridgehead atoms. The molecule has 2 heterocycles. The maximum absolute atomic E-state index is 11.2. The van der Waals surface area contributed by atoms with Crippen LogP contribution in [0.3, 0.4) is 0 Å². The van der Waals surface area contributed by atoms with Crippen molar-refractivity contribution in [2.45, 2.75) is 16.7 Å². The zero-order valence-electron chi connectivity index (χ0n) is 12.1. The maximum Gasteiger partial charge on any atom is 0.413 e. The van der Waals surface area contributed by atoms with Gasteiger partial charge in [-0.05, 0) is 36.8 Å². The highest BCUT2D eigenvalue weighted by atomic mass is 32.2. The number of H-pyrrole nitrogens is 1. The number of fused-ring (bicyclic) bond motifs is 1. The predicted octanol–water partition coefficient (Wildman–Crippen LogP) is 3.60. The molecule has 0 fully saturated rings. The third-order valence-electron chi connectivity index (χ3n) is 3.06. The van der Waals surface area contributed by atoms with Crippen LogP contribution in [0.5, 0.6) is 0 Å². The number of carbonyl (C=O) groups excluding carboxylic acids is 1. The number of pyridine rings is 1. The van der Waals surface area contributed by atoms with Gasteiger partial charge in [-0.3, -0.25) is 10.3 Å². The van der Waals surface area contributed by atoms with Gasteiger partial charge in [0.25, 0.3) is 0 Å². The molecule has 0 aliphatic heterocycles. The van der Waals surface area contributed by atoms with Gasteiger partial charge >= 0.3 is 6.09 Å². The van der Waals surface area contributed by atoms with Crippen LogP contribution < -0.4 is 5.32 Å². The zero-order chi connectivity index (χ0) is 15.5. The molecule has 1 aromatic carbocycles. The van der Waals surface area contributed by atoms with E-state index in [1.807, 2.05) is 37.4 Å². The minimum atomic E-state index is -0.555. The molecule has 0 saturated carbocycles. The first-order valence-electron chi connectivity index (χ1n) is 6.59. The third-order valence-corrected chi connectivity index (χ3v) is 4.22. The Morgan fingerprint density at radius 2 is 2.23 bits per heavy atom. The van der Waals surface area contributed by atoms with Crippen LogP contribution in [0.2, 0.25) is 0 Å². The highest BCUT2D eigenvalue weighted by molar-refractivity contribution is 7.99. The molecule has 2 aromatic heterocycles. The Morgan fingerprint density at radius 3 is 3.00 bits per heavy atom. The Morgan fingerprint density at radius 1 is 1.36 bits per heavy atom. The van der Waals surface area contributed by atoms with Crippen LogP contribution in [0.15, 0.2) is 46.5 Å². The average Bonchev–Trinajstić information content (AvgIpc) is 2.91. The van der Waals surface area contributed by atoms with E-state index in [0.717, 1.165) is 26.4 Å². The van der Waals surface area contributed by atoms with Crippen LogP contribution in [0.4, 0.5) is 10.7 Å². The molecular formula is C15H14N4O2S.